The second kappa shape index (κ2) is 7.63. The van der Waals surface area contributed by atoms with Crippen molar-refractivity contribution >= 4 is 15.8 Å². The number of nitrogens with one attached hydrogen (secondary N) is 2. The predicted octanol–water partition coefficient (Wildman–Crippen LogP) is 1.08. The molecule has 8 heteroatoms. The monoisotopic (exact) mass is 343 g/mol. The fourth-order valence-electron chi connectivity index (χ4n) is 2.41. The number of sulfone groups is 1. The first-order valence-electron chi connectivity index (χ1n) is 7.52. The molecule has 0 bridgehead atoms. The van der Waals surface area contributed by atoms with E-state index in [1.165, 1.54) is 6.07 Å². The molecule has 1 fully saturated rings. The lowest BCUT2D eigenvalue weighted by Gasteiger charge is -2.16. The molecule has 1 aromatic carbocycles. The normalized spacial score (nSPS) is 20.3. The van der Waals surface area contributed by atoms with Gasteiger partial charge in [-0.3, -0.25) is 4.99 Å². The summed E-state index contributed by atoms with van der Waals surface area (Å²) in [5.41, 5.74) is 0.743. The Kier molecular flexibility index (Phi) is 5.81. The minimum absolute atomic E-state index is 0.116. The molecule has 0 spiro atoms. The van der Waals surface area contributed by atoms with Crippen LogP contribution in [0.5, 0.6) is 5.75 Å². The van der Waals surface area contributed by atoms with E-state index in [0.29, 0.717) is 25.5 Å². The van der Waals surface area contributed by atoms with Gasteiger partial charge in [0.1, 0.15) is 0 Å². The molecule has 0 amide bonds. The van der Waals surface area contributed by atoms with Crippen LogP contribution < -0.4 is 15.4 Å². The standard InChI is InChI=1S/C15H22FN3O3S/c1-3-22-14-5-4-11(8-13(14)16)9-18-15(17-2)19-12-6-7-23(20,21)10-12/h4-5,8,12H,3,6-7,9-10H2,1-2H3,(H2,17,18,19). The van der Waals surface area contributed by atoms with Gasteiger partial charge in [-0.15, -0.1) is 0 Å². The minimum atomic E-state index is -2.94. The highest BCUT2D eigenvalue weighted by molar-refractivity contribution is 7.91. The van der Waals surface area contributed by atoms with Crippen molar-refractivity contribution in [1.29, 1.82) is 0 Å². The molecule has 128 valence electrons. The van der Waals surface area contributed by atoms with E-state index >= 15 is 0 Å². The molecule has 0 saturated carbocycles. The number of hydrogen-bond donors (Lipinski definition) is 2. The Labute approximate surface area is 136 Å². The van der Waals surface area contributed by atoms with Gasteiger partial charge in [0.15, 0.2) is 27.4 Å². The molecule has 0 aliphatic carbocycles. The summed E-state index contributed by atoms with van der Waals surface area (Å²) in [6, 6.07) is 4.64. The van der Waals surface area contributed by atoms with Crippen molar-refractivity contribution < 1.29 is 17.5 Å². The van der Waals surface area contributed by atoms with Gasteiger partial charge in [0.25, 0.3) is 0 Å². The number of nitrogens with zero attached hydrogens (tertiary/aromatic N) is 1. The van der Waals surface area contributed by atoms with E-state index in [1.807, 2.05) is 0 Å². The third-order valence-corrected chi connectivity index (χ3v) is 5.32. The Morgan fingerprint density at radius 1 is 1.48 bits per heavy atom. The molecule has 2 N–H and O–H groups in total. The smallest absolute Gasteiger partial charge is 0.191 e. The summed E-state index contributed by atoms with van der Waals surface area (Å²) in [4.78, 5) is 4.06. The molecule has 6 nitrogen and oxygen atoms in total. The van der Waals surface area contributed by atoms with Gasteiger partial charge in [0, 0.05) is 19.6 Å². The van der Waals surface area contributed by atoms with E-state index in [9.17, 15) is 12.8 Å². The molecule has 1 saturated heterocycles. The van der Waals surface area contributed by atoms with Gasteiger partial charge in [0.05, 0.1) is 18.1 Å². The van der Waals surface area contributed by atoms with Crippen LogP contribution in [0, 0.1) is 5.82 Å². The van der Waals surface area contributed by atoms with Crippen LogP contribution in [-0.2, 0) is 16.4 Å². The first-order chi connectivity index (χ1) is 10.9. The molecule has 23 heavy (non-hydrogen) atoms. The van der Waals surface area contributed by atoms with Crippen molar-refractivity contribution in [2.75, 3.05) is 25.2 Å². The number of halogens is 1. The number of ether oxygens (including phenoxy) is 1. The molecule has 1 aliphatic rings. The fourth-order valence-corrected chi connectivity index (χ4v) is 4.08. The molecule has 0 radical (unpaired) electrons. The maximum Gasteiger partial charge on any atom is 0.191 e. The fraction of sp³-hybridized carbons (Fsp3) is 0.533. The van der Waals surface area contributed by atoms with Crippen molar-refractivity contribution in [2.24, 2.45) is 4.99 Å². The van der Waals surface area contributed by atoms with Crippen LogP contribution in [0.25, 0.3) is 0 Å². The van der Waals surface area contributed by atoms with Crippen LogP contribution in [0.2, 0.25) is 0 Å². The van der Waals surface area contributed by atoms with E-state index in [2.05, 4.69) is 15.6 Å². The van der Waals surface area contributed by atoms with Crippen LogP contribution in [0.4, 0.5) is 4.39 Å². The third-order valence-electron chi connectivity index (χ3n) is 3.55. The molecule has 2 rings (SSSR count). The minimum Gasteiger partial charge on any atom is -0.491 e. The Hall–Kier alpha value is -1.83. The topological polar surface area (TPSA) is 79.8 Å². The van der Waals surface area contributed by atoms with E-state index < -0.39 is 15.7 Å². The lowest BCUT2D eigenvalue weighted by molar-refractivity contribution is 0.321. The lowest BCUT2D eigenvalue weighted by atomic mass is 10.2. The summed E-state index contributed by atoms with van der Waals surface area (Å²) >= 11 is 0. The number of hydrogen-bond acceptors (Lipinski definition) is 4. The first-order valence-corrected chi connectivity index (χ1v) is 9.34. The molecule has 1 atom stereocenters. The van der Waals surface area contributed by atoms with Crippen LogP contribution >= 0.6 is 0 Å². The highest BCUT2D eigenvalue weighted by Gasteiger charge is 2.28. The predicted molar refractivity (Wildman–Crippen MR) is 88.0 cm³/mol. The largest absolute Gasteiger partial charge is 0.491 e. The highest BCUT2D eigenvalue weighted by atomic mass is 32.2. The van der Waals surface area contributed by atoms with Gasteiger partial charge in [-0.05, 0) is 31.0 Å². The Morgan fingerprint density at radius 2 is 2.26 bits per heavy atom. The lowest BCUT2D eigenvalue weighted by Crippen LogP contribution is -2.43. The van der Waals surface area contributed by atoms with E-state index in [0.717, 1.165) is 5.56 Å². The average molecular weight is 343 g/mol. The van der Waals surface area contributed by atoms with Crippen molar-refractivity contribution in [3.8, 4) is 5.75 Å². The summed E-state index contributed by atoms with van der Waals surface area (Å²) in [5, 5.41) is 6.13. The number of guanidine groups is 1. The van der Waals surface area contributed by atoms with Gasteiger partial charge in [0.2, 0.25) is 0 Å². The first kappa shape index (κ1) is 17.5. The van der Waals surface area contributed by atoms with Gasteiger partial charge in [-0.25, -0.2) is 12.8 Å². The van der Waals surface area contributed by atoms with E-state index in [4.69, 9.17) is 4.74 Å². The quantitative estimate of drug-likeness (QED) is 0.618. The molecule has 1 aromatic rings. The highest BCUT2D eigenvalue weighted by Crippen LogP contribution is 2.18. The van der Waals surface area contributed by atoms with Gasteiger partial charge in [-0.1, -0.05) is 6.07 Å². The van der Waals surface area contributed by atoms with Gasteiger partial charge >= 0.3 is 0 Å². The maximum atomic E-state index is 13.8. The SMILES string of the molecule is CCOc1ccc(CNC(=NC)NC2CCS(=O)(=O)C2)cc1F. The summed E-state index contributed by atoms with van der Waals surface area (Å²) in [6.45, 7) is 2.59. The Morgan fingerprint density at radius 3 is 2.83 bits per heavy atom. The summed E-state index contributed by atoms with van der Waals surface area (Å²) < 4.78 is 41.9. The molecular formula is C15H22FN3O3S. The zero-order valence-electron chi connectivity index (χ0n) is 13.3. The van der Waals surface area contributed by atoms with Crippen molar-refractivity contribution in [3.05, 3.63) is 29.6 Å². The van der Waals surface area contributed by atoms with Gasteiger partial charge < -0.3 is 15.4 Å². The Bertz CT molecular complexity index is 677. The summed E-state index contributed by atoms with van der Waals surface area (Å²) in [7, 11) is -1.33. The van der Waals surface area contributed by atoms with Gasteiger partial charge in [-0.2, -0.15) is 0 Å². The van der Waals surface area contributed by atoms with Crippen molar-refractivity contribution in [3.63, 3.8) is 0 Å². The van der Waals surface area contributed by atoms with Crippen LogP contribution in [0.3, 0.4) is 0 Å². The van der Waals surface area contributed by atoms with E-state index in [-0.39, 0.29) is 23.3 Å². The third kappa shape index (κ3) is 5.09. The summed E-state index contributed by atoms with van der Waals surface area (Å²) in [6.07, 6.45) is 0.570. The van der Waals surface area contributed by atoms with Crippen molar-refractivity contribution in [2.45, 2.75) is 25.9 Å². The average Bonchev–Trinajstić information content (AvgIpc) is 2.85. The second-order valence-electron chi connectivity index (χ2n) is 5.37. The zero-order chi connectivity index (χ0) is 16.9. The summed E-state index contributed by atoms with van der Waals surface area (Å²) in [5.74, 6) is 0.643. The van der Waals surface area contributed by atoms with Crippen LogP contribution in [-0.4, -0.2) is 45.6 Å². The zero-order valence-corrected chi connectivity index (χ0v) is 14.1. The van der Waals surface area contributed by atoms with Crippen LogP contribution in [0.15, 0.2) is 23.2 Å². The molecule has 0 aromatic heterocycles. The molecule has 1 unspecified atom stereocenters. The molecule has 1 aliphatic heterocycles. The Balaban J connectivity index is 1.90. The van der Waals surface area contributed by atoms with Crippen molar-refractivity contribution in [1.82, 2.24) is 10.6 Å². The number of benzene rings is 1. The molecule has 1 heterocycles. The number of rotatable bonds is 5. The number of aliphatic imine (C=N–C) groups is 1. The van der Waals surface area contributed by atoms with E-state index in [1.54, 1.807) is 26.1 Å². The maximum absolute atomic E-state index is 13.8. The van der Waals surface area contributed by atoms with Crippen LogP contribution in [0.1, 0.15) is 18.9 Å². The second-order valence-corrected chi connectivity index (χ2v) is 7.60. The molecular weight excluding hydrogens is 321 g/mol.